The van der Waals surface area contributed by atoms with Crippen LogP contribution in [0.3, 0.4) is 0 Å². The maximum Gasteiger partial charge on any atom is 0.223 e. The van der Waals surface area contributed by atoms with Gasteiger partial charge in [-0.15, -0.1) is 0 Å². The Labute approximate surface area is 144 Å². The molecule has 0 bridgehead atoms. The Kier molecular flexibility index (Phi) is 6.13. The van der Waals surface area contributed by atoms with Crippen molar-refractivity contribution < 1.29 is 9.59 Å². The summed E-state index contributed by atoms with van der Waals surface area (Å²) in [5, 5.41) is 5.32. The summed E-state index contributed by atoms with van der Waals surface area (Å²) in [5.41, 5.74) is 1.14. The molecule has 0 aliphatic carbocycles. The van der Waals surface area contributed by atoms with Crippen LogP contribution in [0.4, 0.5) is 0 Å². The normalized spacial score (nSPS) is 14.8. The van der Waals surface area contributed by atoms with Crippen molar-refractivity contribution in [1.29, 1.82) is 0 Å². The number of fused-ring (bicyclic) bond motifs is 1. The predicted molar refractivity (Wildman–Crippen MR) is 98.9 cm³/mol. The molecule has 0 radical (unpaired) electrons. The minimum absolute atomic E-state index is 0.0237. The zero-order valence-electron chi connectivity index (χ0n) is 15.0. The van der Waals surface area contributed by atoms with Crippen LogP contribution in [0.15, 0.2) is 42.5 Å². The summed E-state index contributed by atoms with van der Waals surface area (Å²) < 4.78 is 0. The summed E-state index contributed by atoms with van der Waals surface area (Å²) in [6.45, 7) is 7.50. The molecule has 2 aromatic rings. The van der Waals surface area contributed by atoms with Crippen LogP contribution in [-0.4, -0.2) is 17.7 Å². The van der Waals surface area contributed by atoms with Crippen molar-refractivity contribution in [2.75, 3.05) is 0 Å². The van der Waals surface area contributed by atoms with Crippen molar-refractivity contribution in [1.82, 2.24) is 5.32 Å². The predicted octanol–water partition coefficient (Wildman–Crippen LogP) is 4.14. The number of carbonyl (C=O) groups excluding carboxylic acids is 2. The molecule has 3 heteroatoms. The Bertz CT molecular complexity index is 723. The van der Waals surface area contributed by atoms with E-state index in [-0.39, 0.29) is 29.6 Å². The highest BCUT2D eigenvalue weighted by atomic mass is 16.2. The molecule has 0 fully saturated rings. The van der Waals surface area contributed by atoms with Crippen molar-refractivity contribution in [2.45, 2.75) is 46.6 Å². The van der Waals surface area contributed by atoms with Crippen LogP contribution in [0.5, 0.6) is 0 Å². The van der Waals surface area contributed by atoms with E-state index in [2.05, 4.69) is 35.6 Å². The average molecular weight is 325 g/mol. The lowest BCUT2D eigenvalue weighted by atomic mass is 9.94. The summed E-state index contributed by atoms with van der Waals surface area (Å²) >= 11 is 0. The van der Waals surface area contributed by atoms with Gasteiger partial charge in [0.15, 0.2) is 5.78 Å². The van der Waals surface area contributed by atoms with Gasteiger partial charge in [0.1, 0.15) is 0 Å². The van der Waals surface area contributed by atoms with Gasteiger partial charge < -0.3 is 5.32 Å². The van der Waals surface area contributed by atoms with Gasteiger partial charge >= 0.3 is 0 Å². The minimum atomic E-state index is -0.387. The molecule has 3 atom stereocenters. The Morgan fingerprint density at radius 2 is 1.71 bits per heavy atom. The second kappa shape index (κ2) is 8.09. The third-order valence-electron chi connectivity index (χ3n) is 4.75. The first-order valence-electron chi connectivity index (χ1n) is 8.70. The molecule has 0 heterocycles. The number of ketones is 1. The van der Waals surface area contributed by atoms with Crippen molar-refractivity contribution in [2.24, 2.45) is 11.8 Å². The van der Waals surface area contributed by atoms with E-state index in [1.165, 1.54) is 10.8 Å². The van der Waals surface area contributed by atoms with E-state index in [0.717, 1.165) is 12.0 Å². The number of nitrogens with one attached hydrogen (secondary N) is 1. The van der Waals surface area contributed by atoms with Gasteiger partial charge in [0, 0.05) is 5.92 Å². The summed E-state index contributed by atoms with van der Waals surface area (Å²) in [6.07, 6.45) is 1.53. The number of Topliss-reactive ketones (excluding diaryl/α,β-unsaturated/α-hetero) is 1. The maximum atomic E-state index is 12.5. The van der Waals surface area contributed by atoms with Crippen molar-refractivity contribution in [3.63, 3.8) is 0 Å². The van der Waals surface area contributed by atoms with Gasteiger partial charge in [-0.3, -0.25) is 9.59 Å². The van der Waals surface area contributed by atoms with E-state index in [4.69, 9.17) is 0 Å². The molecule has 2 aromatic carbocycles. The smallest absolute Gasteiger partial charge is 0.223 e. The van der Waals surface area contributed by atoms with E-state index < -0.39 is 0 Å². The van der Waals surface area contributed by atoms with Gasteiger partial charge in [0.05, 0.1) is 6.04 Å². The highest BCUT2D eigenvalue weighted by Gasteiger charge is 2.24. The first-order chi connectivity index (χ1) is 11.4. The van der Waals surface area contributed by atoms with Crippen molar-refractivity contribution >= 4 is 22.5 Å². The third kappa shape index (κ3) is 4.44. The number of carbonyl (C=O) groups is 2. The minimum Gasteiger partial charge on any atom is -0.346 e. The lowest BCUT2D eigenvalue weighted by molar-refractivity contribution is -0.130. The van der Waals surface area contributed by atoms with Gasteiger partial charge in [-0.05, 0) is 35.6 Å². The first kappa shape index (κ1) is 18.2. The molecule has 0 aromatic heterocycles. The van der Waals surface area contributed by atoms with Crippen molar-refractivity contribution in [3.8, 4) is 0 Å². The lowest BCUT2D eigenvalue weighted by Gasteiger charge is -2.23. The maximum absolute atomic E-state index is 12.5. The highest BCUT2D eigenvalue weighted by molar-refractivity contribution is 5.88. The van der Waals surface area contributed by atoms with Crippen LogP contribution in [-0.2, 0) is 16.0 Å². The number of rotatable bonds is 7. The molecule has 24 heavy (non-hydrogen) atoms. The SMILES string of the molecule is CC[C@H](C)[C@H](NC(=O)[C@@H](C)Cc1ccc2ccccc2c1)C(C)=O. The number of hydrogen-bond acceptors (Lipinski definition) is 2. The van der Waals surface area contributed by atoms with Gasteiger partial charge in [-0.1, -0.05) is 69.7 Å². The van der Waals surface area contributed by atoms with Crippen LogP contribution in [0.25, 0.3) is 10.8 Å². The van der Waals surface area contributed by atoms with Crippen molar-refractivity contribution in [3.05, 3.63) is 48.0 Å². The fourth-order valence-electron chi connectivity index (χ4n) is 2.99. The Hall–Kier alpha value is -2.16. The molecule has 0 saturated carbocycles. The molecule has 0 saturated heterocycles. The molecular weight excluding hydrogens is 298 g/mol. The van der Waals surface area contributed by atoms with E-state index in [1.54, 1.807) is 6.92 Å². The number of benzene rings is 2. The molecule has 0 aliphatic heterocycles. The highest BCUT2D eigenvalue weighted by Crippen LogP contribution is 2.18. The van der Waals surface area contributed by atoms with Crippen LogP contribution in [0.1, 0.15) is 39.7 Å². The monoisotopic (exact) mass is 325 g/mol. The Morgan fingerprint density at radius 1 is 1.04 bits per heavy atom. The van der Waals surface area contributed by atoms with Crippen LogP contribution >= 0.6 is 0 Å². The molecule has 0 unspecified atom stereocenters. The van der Waals surface area contributed by atoms with E-state index in [0.29, 0.717) is 6.42 Å². The van der Waals surface area contributed by atoms with Gasteiger partial charge in [0.25, 0.3) is 0 Å². The molecule has 1 amide bonds. The average Bonchev–Trinajstić information content (AvgIpc) is 2.58. The zero-order valence-corrected chi connectivity index (χ0v) is 15.0. The molecule has 0 aliphatic rings. The van der Waals surface area contributed by atoms with Gasteiger partial charge in [0.2, 0.25) is 5.91 Å². The van der Waals surface area contributed by atoms with E-state index >= 15 is 0 Å². The molecule has 0 spiro atoms. The summed E-state index contributed by atoms with van der Waals surface area (Å²) in [4.78, 5) is 24.3. The molecule has 1 N–H and O–H groups in total. The van der Waals surface area contributed by atoms with Crippen LogP contribution < -0.4 is 5.32 Å². The Balaban J connectivity index is 2.05. The topological polar surface area (TPSA) is 46.2 Å². The number of amides is 1. The van der Waals surface area contributed by atoms with E-state index in [9.17, 15) is 9.59 Å². The lowest BCUT2D eigenvalue weighted by Crippen LogP contribution is -2.46. The largest absolute Gasteiger partial charge is 0.346 e. The second-order valence-corrected chi connectivity index (χ2v) is 6.77. The first-order valence-corrected chi connectivity index (χ1v) is 8.70. The molecule has 3 nitrogen and oxygen atoms in total. The molecular formula is C21H27NO2. The van der Waals surface area contributed by atoms with Crippen LogP contribution in [0.2, 0.25) is 0 Å². The molecule has 128 valence electrons. The fourth-order valence-corrected chi connectivity index (χ4v) is 2.99. The quantitative estimate of drug-likeness (QED) is 0.831. The molecule has 2 rings (SSSR count). The Morgan fingerprint density at radius 3 is 2.33 bits per heavy atom. The van der Waals surface area contributed by atoms with Gasteiger partial charge in [-0.25, -0.2) is 0 Å². The standard InChI is InChI=1S/C21H27NO2/c1-5-14(2)20(16(4)23)22-21(24)15(3)12-17-10-11-18-8-6-7-9-19(18)13-17/h6-11,13-15,20H,5,12H2,1-4H3,(H,22,24)/t14-,15-,20-/m0/s1. The summed E-state index contributed by atoms with van der Waals surface area (Å²) in [6, 6.07) is 14.1. The van der Waals surface area contributed by atoms with E-state index in [1.807, 2.05) is 32.9 Å². The van der Waals surface area contributed by atoms with Gasteiger partial charge in [-0.2, -0.15) is 0 Å². The summed E-state index contributed by atoms with van der Waals surface area (Å²) in [5.74, 6) is -0.0457. The fraction of sp³-hybridized carbons (Fsp3) is 0.429. The zero-order chi connectivity index (χ0) is 17.7. The summed E-state index contributed by atoms with van der Waals surface area (Å²) in [7, 11) is 0. The number of hydrogen-bond donors (Lipinski definition) is 1. The van der Waals surface area contributed by atoms with Crippen LogP contribution in [0, 0.1) is 11.8 Å². The third-order valence-corrected chi connectivity index (χ3v) is 4.75. The second-order valence-electron chi connectivity index (χ2n) is 6.77.